The minimum Gasteiger partial charge on any atom is -0.333 e. The third-order valence-corrected chi connectivity index (χ3v) is 5.95. The molecule has 1 fully saturated rings. The van der Waals surface area contributed by atoms with Crippen LogP contribution in [0.3, 0.4) is 0 Å². The van der Waals surface area contributed by atoms with Gasteiger partial charge in [-0.15, -0.1) is 0 Å². The zero-order valence-electron chi connectivity index (χ0n) is 13.5. The Bertz CT molecular complexity index is 872. The van der Waals surface area contributed by atoms with Crippen LogP contribution in [0.2, 0.25) is 0 Å². The fourth-order valence-corrected chi connectivity index (χ4v) is 4.86. The van der Waals surface area contributed by atoms with Gasteiger partial charge < -0.3 is 4.90 Å². The van der Waals surface area contributed by atoms with Crippen LogP contribution in [0.15, 0.2) is 12.1 Å². The summed E-state index contributed by atoms with van der Waals surface area (Å²) in [6.07, 6.45) is 0.492. The molecule has 3 heterocycles. The van der Waals surface area contributed by atoms with Gasteiger partial charge in [-0.2, -0.15) is 5.10 Å². The van der Waals surface area contributed by atoms with E-state index in [0.717, 1.165) is 11.4 Å². The number of aromatic nitrogens is 3. The van der Waals surface area contributed by atoms with E-state index in [1.165, 1.54) is 0 Å². The summed E-state index contributed by atoms with van der Waals surface area (Å²) in [6.45, 7) is 6.11. The summed E-state index contributed by atoms with van der Waals surface area (Å²) in [4.78, 5) is 18.8. The maximum Gasteiger partial charge on any atom is 0.274 e. The molecule has 8 heteroatoms. The molecule has 1 aliphatic rings. The Kier molecular flexibility index (Phi) is 3.87. The number of hydrogen-bond acceptors (Lipinski definition) is 5. The summed E-state index contributed by atoms with van der Waals surface area (Å²) in [5.74, 6) is -0.0554. The van der Waals surface area contributed by atoms with Crippen molar-refractivity contribution in [1.82, 2.24) is 19.5 Å². The van der Waals surface area contributed by atoms with Crippen molar-refractivity contribution in [2.75, 3.05) is 18.1 Å². The molecule has 1 atom stereocenters. The van der Waals surface area contributed by atoms with E-state index in [1.807, 2.05) is 26.8 Å². The van der Waals surface area contributed by atoms with E-state index in [9.17, 15) is 13.2 Å². The summed E-state index contributed by atoms with van der Waals surface area (Å²) < 4.78 is 25.0. The van der Waals surface area contributed by atoms with E-state index >= 15 is 0 Å². The van der Waals surface area contributed by atoms with E-state index in [4.69, 9.17) is 0 Å². The summed E-state index contributed by atoms with van der Waals surface area (Å²) in [5.41, 5.74) is 2.69. The first-order valence-electron chi connectivity index (χ1n) is 7.66. The van der Waals surface area contributed by atoms with Gasteiger partial charge in [0.1, 0.15) is 0 Å². The van der Waals surface area contributed by atoms with Crippen molar-refractivity contribution >= 4 is 21.4 Å². The standard InChI is InChI=1S/C15H20N4O3S/c1-4-18(12-5-6-23(21,22)9-12)15(20)13-8-14-16-10(2)7-11(3)19(14)17-13/h7-8,12H,4-6,9H2,1-3H3/t12-/m0/s1. The lowest BCUT2D eigenvalue weighted by molar-refractivity contribution is 0.0702. The van der Waals surface area contributed by atoms with Crippen LogP contribution < -0.4 is 0 Å². The molecule has 0 radical (unpaired) electrons. The van der Waals surface area contributed by atoms with Crippen LogP contribution in [0, 0.1) is 13.8 Å². The topological polar surface area (TPSA) is 84.6 Å². The Hall–Kier alpha value is -1.96. The SMILES string of the molecule is CCN(C(=O)c1cc2nc(C)cc(C)n2n1)[C@H]1CCS(=O)(=O)C1. The molecule has 1 amide bonds. The van der Waals surface area contributed by atoms with Crippen molar-refractivity contribution < 1.29 is 13.2 Å². The first-order chi connectivity index (χ1) is 10.8. The molecule has 7 nitrogen and oxygen atoms in total. The second-order valence-electron chi connectivity index (χ2n) is 5.99. The lowest BCUT2D eigenvalue weighted by Crippen LogP contribution is -2.41. The van der Waals surface area contributed by atoms with Crippen molar-refractivity contribution in [3.05, 3.63) is 29.2 Å². The molecule has 0 aliphatic carbocycles. The van der Waals surface area contributed by atoms with Crippen LogP contribution in [0.25, 0.3) is 5.65 Å². The van der Waals surface area contributed by atoms with Crippen LogP contribution in [-0.2, 0) is 9.84 Å². The highest BCUT2D eigenvalue weighted by Gasteiger charge is 2.35. The highest BCUT2D eigenvalue weighted by Crippen LogP contribution is 2.20. The van der Waals surface area contributed by atoms with Crippen LogP contribution in [0.4, 0.5) is 0 Å². The summed E-state index contributed by atoms with van der Waals surface area (Å²) in [7, 11) is -3.04. The first kappa shape index (κ1) is 15.9. The molecule has 0 unspecified atom stereocenters. The van der Waals surface area contributed by atoms with Gasteiger partial charge in [-0.1, -0.05) is 0 Å². The van der Waals surface area contributed by atoms with Crippen molar-refractivity contribution in [2.24, 2.45) is 0 Å². The predicted molar refractivity (Wildman–Crippen MR) is 86.2 cm³/mol. The number of carbonyl (C=O) groups excluding carboxylic acids is 1. The lowest BCUT2D eigenvalue weighted by Gasteiger charge is -2.25. The van der Waals surface area contributed by atoms with E-state index < -0.39 is 9.84 Å². The fraction of sp³-hybridized carbons (Fsp3) is 0.533. The molecular weight excluding hydrogens is 316 g/mol. The van der Waals surface area contributed by atoms with Crippen molar-refractivity contribution in [1.29, 1.82) is 0 Å². The van der Waals surface area contributed by atoms with Gasteiger partial charge >= 0.3 is 0 Å². The largest absolute Gasteiger partial charge is 0.333 e. The molecule has 2 aromatic rings. The molecule has 3 rings (SSSR count). The van der Waals surface area contributed by atoms with E-state index in [2.05, 4.69) is 10.1 Å². The highest BCUT2D eigenvalue weighted by molar-refractivity contribution is 7.91. The van der Waals surface area contributed by atoms with Gasteiger partial charge in [0, 0.05) is 30.0 Å². The molecule has 1 saturated heterocycles. The number of carbonyl (C=O) groups is 1. The molecule has 0 N–H and O–H groups in total. The van der Waals surface area contributed by atoms with Crippen LogP contribution in [0.5, 0.6) is 0 Å². The number of hydrogen-bond donors (Lipinski definition) is 0. The van der Waals surface area contributed by atoms with Gasteiger partial charge in [0.2, 0.25) is 0 Å². The van der Waals surface area contributed by atoms with Gasteiger partial charge in [-0.05, 0) is 33.3 Å². The third kappa shape index (κ3) is 2.95. The molecule has 2 aromatic heterocycles. The number of sulfone groups is 1. The van der Waals surface area contributed by atoms with Crippen LogP contribution in [0.1, 0.15) is 35.2 Å². The molecule has 124 valence electrons. The quantitative estimate of drug-likeness (QED) is 0.835. The van der Waals surface area contributed by atoms with Crippen LogP contribution in [-0.4, -0.2) is 57.9 Å². The summed E-state index contributed by atoms with van der Waals surface area (Å²) in [6, 6.07) is 3.29. The van der Waals surface area contributed by atoms with Crippen molar-refractivity contribution in [3.63, 3.8) is 0 Å². The van der Waals surface area contributed by atoms with E-state index in [1.54, 1.807) is 15.5 Å². The molecule has 23 heavy (non-hydrogen) atoms. The molecule has 0 bridgehead atoms. The smallest absolute Gasteiger partial charge is 0.274 e. The molecular formula is C15H20N4O3S. The number of fused-ring (bicyclic) bond motifs is 1. The van der Waals surface area contributed by atoms with Gasteiger partial charge in [0.05, 0.1) is 11.5 Å². The summed E-state index contributed by atoms with van der Waals surface area (Å²) >= 11 is 0. The Balaban J connectivity index is 1.94. The predicted octanol–water partition coefficient (Wildman–Crippen LogP) is 0.995. The second kappa shape index (κ2) is 5.59. The Morgan fingerprint density at radius 3 is 2.74 bits per heavy atom. The van der Waals surface area contributed by atoms with E-state index in [-0.39, 0.29) is 23.5 Å². The molecule has 0 aromatic carbocycles. The maximum atomic E-state index is 12.8. The number of rotatable bonds is 3. The van der Waals surface area contributed by atoms with Gasteiger partial charge in [-0.25, -0.2) is 17.9 Å². The maximum absolute atomic E-state index is 12.8. The summed E-state index contributed by atoms with van der Waals surface area (Å²) in [5, 5.41) is 4.34. The van der Waals surface area contributed by atoms with Crippen molar-refractivity contribution in [3.8, 4) is 0 Å². The van der Waals surface area contributed by atoms with Gasteiger partial charge in [-0.3, -0.25) is 4.79 Å². The second-order valence-corrected chi connectivity index (χ2v) is 8.22. The number of nitrogens with zero attached hydrogens (tertiary/aromatic N) is 4. The minimum absolute atomic E-state index is 0.0380. The highest BCUT2D eigenvalue weighted by atomic mass is 32.2. The molecule has 0 saturated carbocycles. The fourth-order valence-electron chi connectivity index (χ4n) is 3.13. The number of aryl methyl sites for hydroxylation is 2. The number of amides is 1. The Labute approximate surface area is 135 Å². The zero-order valence-corrected chi connectivity index (χ0v) is 14.3. The van der Waals surface area contributed by atoms with Gasteiger partial charge in [0.25, 0.3) is 5.91 Å². The zero-order chi connectivity index (χ0) is 16.8. The third-order valence-electron chi connectivity index (χ3n) is 4.20. The lowest BCUT2D eigenvalue weighted by atomic mass is 10.2. The Morgan fingerprint density at radius 1 is 1.39 bits per heavy atom. The monoisotopic (exact) mass is 336 g/mol. The molecule has 1 aliphatic heterocycles. The normalized spacial score (nSPS) is 20.0. The van der Waals surface area contributed by atoms with E-state index in [0.29, 0.717) is 24.3 Å². The average Bonchev–Trinajstić information content (AvgIpc) is 3.03. The first-order valence-corrected chi connectivity index (χ1v) is 9.48. The minimum atomic E-state index is -3.04. The Morgan fingerprint density at radius 2 is 2.13 bits per heavy atom. The van der Waals surface area contributed by atoms with Crippen molar-refractivity contribution in [2.45, 2.75) is 33.2 Å². The van der Waals surface area contributed by atoms with Crippen LogP contribution >= 0.6 is 0 Å². The van der Waals surface area contributed by atoms with Gasteiger partial charge in [0.15, 0.2) is 21.2 Å². The average molecular weight is 336 g/mol. The molecule has 0 spiro atoms.